The number of aliphatic imine (C=N–C) groups is 1. The lowest BCUT2D eigenvalue weighted by molar-refractivity contribution is 0.0827. The van der Waals surface area contributed by atoms with Crippen molar-refractivity contribution >= 4 is 11.9 Å². The Morgan fingerprint density at radius 1 is 1.07 bits per heavy atom. The van der Waals surface area contributed by atoms with Gasteiger partial charge in [-0.3, -0.25) is 4.79 Å². The van der Waals surface area contributed by atoms with Crippen molar-refractivity contribution in [2.24, 2.45) is 4.99 Å². The molecule has 1 amide bonds. The average molecular weight is 399 g/mol. The van der Waals surface area contributed by atoms with Crippen LogP contribution in [0.3, 0.4) is 0 Å². The largest absolute Gasteiger partial charge is 0.497 e. The molecule has 0 bridgehead atoms. The molecule has 29 heavy (non-hydrogen) atoms. The first kappa shape index (κ1) is 22.1. The summed E-state index contributed by atoms with van der Waals surface area (Å²) in [5.41, 5.74) is 1.70. The number of rotatable bonds is 9. The molecule has 7 heteroatoms. The zero-order valence-electron chi connectivity index (χ0n) is 17.6. The van der Waals surface area contributed by atoms with Crippen molar-refractivity contribution in [3.63, 3.8) is 0 Å². The molecule has 0 aliphatic rings. The third kappa shape index (κ3) is 7.37. The van der Waals surface area contributed by atoms with Gasteiger partial charge in [-0.15, -0.1) is 0 Å². The molecule has 0 atom stereocenters. The first-order chi connectivity index (χ1) is 14.0. The standard InChI is InChI=1S/C22H30N4O3/c1-5-23-22(24-13-14-29-20-8-6-7-19(15-20)28-4)25-16-17-9-11-18(12-10-17)21(27)26(2)3/h6-12,15H,5,13-14,16H2,1-4H3,(H2,23,24,25). The molecule has 7 nitrogen and oxygen atoms in total. The number of carbonyl (C=O) groups excluding carboxylic acids is 1. The number of amides is 1. The normalized spacial score (nSPS) is 11.0. The van der Waals surface area contributed by atoms with E-state index < -0.39 is 0 Å². The molecule has 0 saturated heterocycles. The van der Waals surface area contributed by atoms with E-state index in [1.54, 1.807) is 26.1 Å². The number of hydrogen-bond donors (Lipinski definition) is 2. The Morgan fingerprint density at radius 3 is 2.45 bits per heavy atom. The smallest absolute Gasteiger partial charge is 0.253 e. The van der Waals surface area contributed by atoms with Gasteiger partial charge in [-0.2, -0.15) is 0 Å². The van der Waals surface area contributed by atoms with Crippen molar-refractivity contribution in [2.45, 2.75) is 13.5 Å². The van der Waals surface area contributed by atoms with Crippen LogP contribution in [0.25, 0.3) is 0 Å². The first-order valence-corrected chi connectivity index (χ1v) is 9.63. The fourth-order valence-electron chi connectivity index (χ4n) is 2.55. The van der Waals surface area contributed by atoms with Crippen molar-refractivity contribution in [1.82, 2.24) is 15.5 Å². The summed E-state index contributed by atoms with van der Waals surface area (Å²) in [6.45, 7) is 4.41. The second kappa shape index (κ2) is 11.6. The molecule has 2 rings (SSSR count). The van der Waals surface area contributed by atoms with Crippen LogP contribution in [0.5, 0.6) is 11.5 Å². The third-order valence-corrected chi connectivity index (χ3v) is 4.08. The highest BCUT2D eigenvalue weighted by Gasteiger charge is 2.07. The monoisotopic (exact) mass is 398 g/mol. The van der Waals surface area contributed by atoms with Crippen LogP contribution in [0.2, 0.25) is 0 Å². The summed E-state index contributed by atoms with van der Waals surface area (Å²) < 4.78 is 10.9. The predicted octanol–water partition coefficient (Wildman–Crippen LogP) is 2.53. The highest BCUT2D eigenvalue weighted by molar-refractivity contribution is 5.93. The Labute approximate surface area is 172 Å². The lowest BCUT2D eigenvalue weighted by Crippen LogP contribution is -2.39. The van der Waals surface area contributed by atoms with E-state index in [1.165, 1.54) is 0 Å². The Bertz CT molecular complexity index is 804. The van der Waals surface area contributed by atoms with E-state index in [-0.39, 0.29) is 5.91 Å². The topological polar surface area (TPSA) is 75.2 Å². The zero-order chi connectivity index (χ0) is 21.1. The first-order valence-electron chi connectivity index (χ1n) is 9.63. The van der Waals surface area contributed by atoms with Crippen LogP contribution in [0.15, 0.2) is 53.5 Å². The molecule has 0 aliphatic heterocycles. The summed E-state index contributed by atoms with van der Waals surface area (Å²) in [5, 5.41) is 6.47. The van der Waals surface area contributed by atoms with Crippen LogP contribution >= 0.6 is 0 Å². The number of nitrogens with zero attached hydrogens (tertiary/aromatic N) is 2. The minimum Gasteiger partial charge on any atom is -0.497 e. The quantitative estimate of drug-likeness (QED) is 0.386. The van der Waals surface area contributed by atoms with Gasteiger partial charge < -0.3 is 25.0 Å². The maximum atomic E-state index is 12.0. The van der Waals surface area contributed by atoms with Crippen LogP contribution in [-0.2, 0) is 6.54 Å². The van der Waals surface area contributed by atoms with E-state index in [1.807, 2.05) is 55.5 Å². The number of methoxy groups -OCH3 is 1. The number of benzene rings is 2. The van der Waals surface area contributed by atoms with Crippen LogP contribution in [0.1, 0.15) is 22.8 Å². The van der Waals surface area contributed by atoms with Crippen LogP contribution < -0.4 is 20.1 Å². The lowest BCUT2D eigenvalue weighted by atomic mass is 10.1. The molecular formula is C22H30N4O3. The Balaban J connectivity index is 1.84. The van der Waals surface area contributed by atoms with Gasteiger partial charge in [0.25, 0.3) is 5.91 Å². The average Bonchev–Trinajstić information content (AvgIpc) is 2.74. The molecule has 2 aromatic rings. The maximum absolute atomic E-state index is 12.0. The molecule has 0 aromatic heterocycles. The van der Waals surface area contributed by atoms with Gasteiger partial charge in [0.1, 0.15) is 18.1 Å². The molecule has 0 aliphatic carbocycles. The molecular weight excluding hydrogens is 368 g/mol. The summed E-state index contributed by atoms with van der Waals surface area (Å²) in [5.74, 6) is 2.24. The number of nitrogens with one attached hydrogen (secondary N) is 2. The highest BCUT2D eigenvalue weighted by Crippen LogP contribution is 2.18. The molecule has 0 heterocycles. The molecule has 2 N–H and O–H groups in total. The van der Waals surface area contributed by atoms with Crippen molar-refractivity contribution in [3.8, 4) is 11.5 Å². The van der Waals surface area contributed by atoms with Crippen molar-refractivity contribution in [2.75, 3.05) is 40.9 Å². The van der Waals surface area contributed by atoms with Gasteiger partial charge in [0.2, 0.25) is 0 Å². The van der Waals surface area contributed by atoms with Crippen LogP contribution in [0, 0.1) is 0 Å². The van der Waals surface area contributed by atoms with Crippen LogP contribution in [-0.4, -0.2) is 57.7 Å². The molecule has 0 unspecified atom stereocenters. The van der Waals surface area contributed by atoms with Gasteiger partial charge in [-0.25, -0.2) is 4.99 Å². The Hall–Kier alpha value is -3.22. The number of ether oxygens (including phenoxy) is 2. The molecule has 0 fully saturated rings. The summed E-state index contributed by atoms with van der Waals surface area (Å²) in [6.07, 6.45) is 0. The number of hydrogen-bond acceptors (Lipinski definition) is 4. The molecule has 156 valence electrons. The van der Waals surface area contributed by atoms with Gasteiger partial charge in [-0.1, -0.05) is 18.2 Å². The second-order valence-electron chi connectivity index (χ2n) is 6.55. The zero-order valence-corrected chi connectivity index (χ0v) is 17.6. The number of guanidine groups is 1. The van der Waals surface area contributed by atoms with Crippen molar-refractivity contribution in [3.05, 3.63) is 59.7 Å². The Kier molecular flexibility index (Phi) is 8.82. The van der Waals surface area contributed by atoms with Crippen LogP contribution in [0.4, 0.5) is 0 Å². The third-order valence-electron chi connectivity index (χ3n) is 4.08. The van der Waals surface area contributed by atoms with E-state index >= 15 is 0 Å². The summed E-state index contributed by atoms with van der Waals surface area (Å²) in [6, 6.07) is 15.0. The minimum absolute atomic E-state index is 0.00825. The molecule has 2 aromatic carbocycles. The minimum atomic E-state index is -0.00825. The van der Waals surface area contributed by atoms with E-state index in [2.05, 4.69) is 15.6 Å². The lowest BCUT2D eigenvalue weighted by Gasteiger charge is -2.13. The fraction of sp³-hybridized carbons (Fsp3) is 0.364. The van der Waals surface area contributed by atoms with Gasteiger partial charge in [0, 0.05) is 32.3 Å². The maximum Gasteiger partial charge on any atom is 0.253 e. The molecule has 0 spiro atoms. The van der Waals surface area contributed by atoms with Gasteiger partial charge in [-0.05, 0) is 36.8 Å². The van der Waals surface area contributed by atoms with Gasteiger partial charge in [0.05, 0.1) is 20.2 Å². The summed E-state index contributed by atoms with van der Waals surface area (Å²) in [7, 11) is 5.12. The van der Waals surface area contributed by atoms with Crippen molar-refractivity contribution in [1.29, 1.82) is 0 Å². The Morgan fingerprint density at radius 2 is 1.79 bits per heavy atom. The number of carbonyl (C=O) groups is 1. The summed E-state index contributed by atoms with van der Waals surface area (Å²) in [4.78, 5) is 18.1. The molecule has 0 saturated carbocycles. The summed E-state index contributed by atoms with van der Waals surface area (Å²) >= 11 is 0. The van der Waals surface area contributed by atoms with Gasteiger partial charge >= 0.3 is 0 Å². The second-order valence-corrected chi connectivity index (χ2v) is 6.55. The van der Waals surface area contributed by atoms with E-state index in [4.69, 9.17) is 9.47 Å². The van der Waals surface area contributed by atoms with E-state index in [0.717, 1.165) is 29.6 Å². The predicted molar refractivity (Wildman–Crippen MR) is 116 cm³/mol. The van der Waals surface area contributed by atoms with Gasteiger partial charge in [0.15, 0.2) is 5.96 Å². The van der Waals surface area contributed by atoms with E-state index in [9.17, 15) is 4.79 Å². The fourth-order valence-corrected chi connectivity index (χ4v) is 2.55. The van der Waals surface area contributed by atoms with E-state index in [0.29, 0.717) is 25.3 Å². The SMILES string of the molecule is CCNC(=NCc1ccc(C(=O)N(C)C)cc1)NCCOc1cccc(OC)c1. The highest BCUT2D eigenvalue weighted by atomic mass is 16.5. The molecule has 0 radical (unpaired) electrons. The van der Waals surface area contributed by atoms with Crippen molar-refractivity contribution < 1.29 is 14.3 Å².